The van der Waals surface area contributed by atoms with Gasteiger partial charge in [0, 0.05) is 24.1 Å². The van der Waals surface area contributed by atoms with Crippen LogP contribution in [-0.4, -0.2) is 56.8 Å². The van der Waals surface area contributed by atoms with Crippen molar-refractivity contribution in [2.24, 2.45) is 17.3 Å². The second-order valence-electron chi connectivity index (χ2n) is 11.6. The number of hydrogen-bond donors (Lipinski definition) is 3. The molecule has 0 radical (unpaired) electrons. The number of halogens is 1. The molecule has 2 aliphatic heterocycles. The van der Waals surface area contributed by atoms with Crippen LogP contribution >= 0.6 is 11.3 Å². The van der Waals surface area contributed by atoms with Gasteiger partial charge >= 0.3 is 0 Å². The zero-order valence-electron chi connectivity index (χ0n) is 23.0. The second kappa shape index (κ2) is 12.4. The van der Waals surface area contributed by atoms with E-state index in [1.807, 2.05) is 20.8 Å². The molecule has 0 bridgehead atoms. The molecule has 3 rings (SSSR count). The van der Waals surface area contributed by atoms with E-state index in [9.17, 15) is 19.8 Å². The highest BCUT2D eigenvalue weighted by Gasteiger charge is 2.53. The van der Waals surface area contributed by atoms with E-state index in [1.54, 1.807) is 19.2 Å². The zero-order valence-corrected chi connectivity index (χ0v) is 23.8. The molecule has 1 aromatic heterocycles. The first kappa shape index (κ1) is 30.4. The molecule has 7 nitrogen and oxygen atoms in total. The lowest BCUT2D eigenvalue weighted by molar-refractivity contribution is -0.144. The Morgan fingerprint density at radius 2 is 2.08 bits per heavy atom. The van der Waals surface area contributed by atoms with Crippen molar-refractivity contribution in [2.75, 3.05) is 0 Å². The molecule has 2 saturated heterocycles. The molecule has 0 aromatic carbocycles. The van der Waals surface area contributed by atoms with E-state index in [0.717, 1.165) is 11.4 Å². The van der Waals surface area contributed by atoms with Crippen molar-refractivity contribution in [2.45, 2.75) is 110 Å². The zero-order chi connectivity index (χ0) is 28.3. The molecule has 0 saturated carbocycles. The number of carbonyl (C=O) groups excluding carboxylic acids is 2. The van der Waals surface area contributed by atoms with Crippen molar-refractivity contribution in [3.63, 3.8) is 0 Å². The summed E-state index contributed by atoms with van der Waals surface area (Å²) in [6.07, 6.45) is 6.83. The van der Waals surface area contributed by atoms with Crippen LogP contribution in [0.5, 0.6) is 0 Å². The standard InChI is InChI=1S/C29H41FN2O5S/c1-7-8-11-20-26(35)17(2)10-9-12-29(6)24(37-29)14-22(21(30)13-19-16-38-18(3)31-19)32-25(34)15-23(33)28(4,5)27(20)36/h1,13,16-17,20,22-24,26,33,35H,8-12,14-15H2,2-6H3,(H,32,34). The topological polar surface area (TPSA) is 112 Å². The number of hydrogen-bond acceptors (Lipinski definition) is 7. The highest BCUT2D eigenvalue weighted by molar-refractivity contribution is 7.09. The highest BCUT2D eigenvalue weighted by Crippen LogP contribution is 2.44. The monoisotopic (exact) mass is 548 g/mol. The number of amides is 1. The summed E-state index contributed by atoms with van der Waals surface area (Å²) in [4.78, 5) is 30.9. The normalized spacial score (nSPS) is 35.2. The maximum atomic E-state index is 15.4. The molecule has 3 heterocycles. The number of carbonyl (C=O) groups is 2. The van der Waals surface area contributed by atoms with Crippen LogP contribution in [0, 0.1) is 36.5 Å². The molecule has 3 N–H and O–H groups in total. The van der Waals surface area contributed by atoms with Crippen molar-refractivity contribution in [3.8, 4) is 12.3 Å². The van der Waals surface area contributed by atoms with Crippen molar-refractivity contribution in [1.29, 1.82) is 0 Å². The quantitative estimate of drug-likeness (QED) is 0.381. The fourth-order valence-corrected chi connectivity index (χ4v) is 5.89. The Morgan fingerprint density at radius 1 is 1.37 bits per heavy atom. The second-order valence-corrected chi connectivity index (χ2v) is 12.7. The molecule has 210 valence electrons. The minimum absolute atomic E-state index is 0.179. The van der Waals surface area contributed by atoms with Gasteiger partial charge in [-0.05, 0) is 45.1 Å². The minimum Gasteiger partial charge on any atom is -0.392 e. The number of ketones is 1. The van der Waals surface area contributed by atoms with Crippen molar-refractivity contribution in [1.82, 2.24) is 10.3 Å². The van der Waals surface area contributed by atoms with Gasteiger partial charge in [-0.1, -0.05) is 27.2 Å². The van der Waals surface area contributed by atoms with Gasteiger partial charge in [-0.15, -0.1) is 23.7 Å². The van der Waals surface area contributed by atoms with Gasteiger partial charge in [0.15, 0.2) is 0 Å². The van der Waals surface area contributed by atoms with Gasteiger partial charge in [-0.2, -0.15) is 0 Å². The summed E-state index contributed by atoms with van der Waals surface area (Å²) in [5.74, 6) is 0.133. The molecule has 0 aliphatic carbocycles. The summed E-state index contributed by atoms with van der Waals surface area (Å²) >= 11 is 1.41. The molecule has 1 aromatic rings. The van der Waals surface area contributed by atoms with E-state index in [4.69, 9.17) is 11.2 Å². The number of terminal acetylenes is 1. The van der Waals surface area contributed by atoms with E-state index >= 15 is 4.39 Å². The first-order valence-electron chi connectivity index (χ1n) is 13.4. The average Bonchev–Trinajstić information content (AvgIpc) is 3.29. The van der Waals surface area contributed by atoms with Crippen LogP contribution in [0.3, 0.4) is 0 Å². The third kappa shape index (κ3) is 7.29. The average molecular weight is 549 g/mol. The lowest BCUT2D eigenvalue weighted by Gasteiger charge is -2.36. The maximum Gasteiger partial charge on any atom is 0.223 e. The number of aromatic nitrogens is 1. The van der Waals surface area contributed by atoms with Gasteiger partial charge < -0.3 is 20.3 Å². The van der Waals surface area contributed by atoms with Crippen LogP contribution in [0.2, 0.25) is 0 Å². The Morgan fingerprint density at radius 3 is 2.71 bits per heavy atom. The summed E-state index contributed by atoms with van der Waals surface area (Å²) in [6, 6.07) is -0.959. The first-order valence-corrected chi connectivity index (χ1v) is 14.3. The van der Waals surface area contributed by atoms with Gasteiger partial charge in [-0.3, -0.25) is 9.59 Å². The molecule has 2 fully saturated rings. The third-order valence-corrected chi connectivity index (χ3v) is 8.98. The number of thiazole rings is 1. The van der Waals surface area contributed by atoms with E-state index in [2.05, 4.69) is 16.2 Å². The fourth-order valence-electron chi connectivity index (χ4n) is 5.32. The lowest BCUT2D eigenvalue weighted by Crippen LogP contribution is -2.48. The number of aryl methyl sites for hydroxylation is 1. The summed E-state index contributed by atoms with van der Waals surface area (Å²) in [5.41, 5.74) is -1.31. The third-order valence-electron chi connectivity index (χ3n) is 8.19. The number of ether oxygens (including phenoxy) is 1. The number of fused-ring (bicyclic) bond motifs is 1. The maximum absolute atomic E-state index is 15.4. The lowest BCUT2D eigenvalue weighted by atomic mass is 9.71. The fraction of sp³-hybridized carbons (Fsp3) is 0.690. The summed E-state index contributed by atoms with van der Waals surface area (Å²) in [7, 11) is 0. The number of aliphatic hydroxyl groups excluding tert-OH is 2. The number of rotatable bonds is 4. The molecular weight excluding hydrogens is 507 g/mol. The smallest absolute Gasteiger partial charge is 0.223 e. The minimum atomic E-state index is -1.34. The van der Waals surface area contributed by atoms with Crippen LogP contribution in [0.1, 0.15) is 83.3 Å². The summed E-state index contributed by atoms with van der Waals surface area (Å²) < 4.78 is 21.4. The van der Waals surface area contributed by atoms with Crippen LogP contribution in [0.4, 0.5) is 4.39 Å². The van der Waals surface area contributed by atoms with Gasteiger partial charge in [0.25, 0.3) is 0 Å². The largest absolute Gasteiger partial charge is 0.392 e. The molecule has 2 aliphatic rings. The highest BCUT2D eigenvalue weighted by atomic mass is 32.1. The SMILES string of the molecule is C#CCCC1C(=O)C(C)(C)C(O)CC(=O)NC(C(F)=Cc2csc(C)n2)CC2OC2(C)CCCC(C)C1O. The Hall–Kier alpha value is -2.12. The molecule has 1 amide bonds. The van der Waals surface area contributed by atoms with Crippen molar-refractivity contribution < 1.29 is 28.9 Å². The van der Waals surface area contributed by atoms with Gasteiger partial charge in [0.2, 0.25) is 5.91 Å². The molecule has 7 unspecified atom stereocenters. The van der Waals surface area contributed by atoms with Gasteiger partial charge in [0.05, 0.1) is 52.5 Å². The summed E-state index contributed by atoms with van der Waals surface area (Å²) in [5, 5.41) is 27.4. The molecule has 0 spiro atoms. The Bertz CT molecular complexity index is 1080. The van der Waals surface area contributed by atoms with Crippen LogP contribution in [0.25, 0.3) is 6.08 Å². The Balaban J connectivity index is 1.88. The number of Topliss-reactive ketones (excluding diaryl/α,β-unsaturated/α-hetero) is 1. The van der Waals surface area contributed by atoms with E-state index in [0.29, 0.717) is 31.4 Å². The summed E-state index contributed by atoms with van der Waals surface area (Å²) in [6.45, 7) is 8.85. The van der Waals surface area contributed by atoms with Gasteiger partial charge in [0.1, 0.15) is 11.6 Å². The van der Waals surface area contributed by atoms with Crippen LogP contribution in [-0.2, 0) is 14.3 Å². The molecular formula is C29H41FN2O5S. The van der Waals surface area contributed by atoms with Crippen molar-refractivity contribution in [3.05, 3.63) is 21.9 Å². The van der Waals surface area contributed by atoms with E-state index in [1.165, 1.54) is 17.4 Å². The number of nitrogens with zero attached hydrogens (tertiary/aromatic N) is 1. The first-order chi connectivity index (χ1) is 17.8. The molecule has 9 heteroatoms. The predicted molar refractivity (Wildman–Crippen MR) is 146 cm³/mol. The Labute approximate surface area is 229 Å². The van der Waals surface area contributed by atoms with Gasteiger partial charge in [-0.25, -0.2) is 9.37 Å². The van der Waals surface area contributed by atoms with Crippen molar-refractivity contribution >= 4 is 29.1 Å². The van der Waals surface area contributed by atoms with E-state index < -0.39 is 53.3 Å². The Kier molecular flexibility index (Phi) is 9.91. The number of epoxide rings is 1. The van der Waals surface area contributed by atoms with Crippen LogP contribution < -0.4 is 5.32 Å². The predicted octanol–water partition coefficient (Wildman–Crippen LogP) is 4.35. The van der Waals surface area contributed by atoms with Crippen LogP contribution in [0.15, 0.2) is 11.2 Å². The van der Waals surface area contributed by atoms with E-state index in [-0.39, 0.29) is 24.2 Å². The molecule has 7 atom stereocenters. The number of nitrogens with one attached hydrogen (secondary N) is 1. The number of aliphatic hydroxyl groups is 2. The molecule has 38 heavy (non-hydrogen) atoms.